The largest absolute Gasteiger partial charge is 0.395 e. The van der Waals surface area contributed by atoms with Crippen molar-refractivity contribution in [1.29, 1.82) is 0 Å². The van der Waals surface area contributed by atoms with Gasteiger partial charge in [-0.3, -0.25) is 4.79 Å². The van der Waals surface area contributed by atoms with Crippen molar-refractivity contribution in [3.63, 3.8) is 0 Å². The Morgan fingerprint density at radius 2 is 2.17 bits per heavy atom. The number of nitrogens with zero attached hydrogens (tertiary/aromatic N) is 4. The lowest BCUT2D eigenvalue weighted by Crippen LogP contribution is -2.46. The fourth-order valence-electron chi connectivity index (χ4n) is 4.83. The van der Waals surface area contributed by atoms with Crippen LogP contribution in [0.15, 0.2) is 10.9 Å². The normalized spacial score (nSPS) is 23.4. The first-order valence-electron chi connectivity index (χ1n) is 10.5. The Balaban J connectivity index is 1.47. The zero-order chi connectivity index (χ0) is 20.0. The van der Waals surface area contributed by atoms with Gasteiger partial charge in [0.25, 0.3) is 5.56 Å². The number of aliphatic hydroxyl groups excluding tert-OH is 1. The summed E-state index contributed by atoms with van der Waals surface area (Å²) in [6.07, 6.45) is 6.00. The SMILES string of the molecule is Nc1nc(NCCO)cc(N2CCCC3(CCc4c3nc(C3CC3)[nH]c4=O)C2)n1. The molecule has 3 heterocycles. The summed E-state index contributed by atoms with van der Waals surface area (Å²) in [7, 11) is 0. The van der Waals surface area contributed by atoms with Crippen LogP contribution >= 0.6 is 0 Å². The van der Waals surface area contributed by atoms with Gasteiger partial charge < -0.3 is 26.0 Å². The van der Waals surface area contributed by atoms with Crippen LogP contribution in [-0.4, -0.2) is 51.3 Å². The monoisotopic (exact) mass is 397 g/mol. The molecule has 0 amide bonds. The molecule has 1 spiro atoms. The van der Waals surface area contributed by atoms with Crippen molar-refractivity contribution >= 4 is 17.6 Å². The van der Waals surface area contributed by atoms with Gasteiger partial charge in [0.15, 0.2) is 0 Å². The molecule has 2 aromatic rings. The van der Waals surface area contributed by atoms with Crippen molar-refractivity contribution in [3.05, 3.63) is 33.5 Å². The Morgan fingerprint density at radius 1 is 1.31 bits per heavy atom. The first-order valence-corrected chi connectivity index (χ1v) is 10.5. The molecule has 1 aliphatic heterocycles. The van der Waals surface area contributed by atoms with Crippen molar-refractivity contribution in [1.82, 2.24) is 19.9 Å². The number of aromatic amines is 1. The lowest BCUT2D eigenvalue weighted by molar-refractivity contribution is 0.311. The first kappa shape index (κ1) is 18.4. The highest BCUT2D eigenvalue weighted by atomic mass is 16.3. The Hall–Kier alpha value is -2.68. The molecule has 1 unspecified atom stereocenters. The molecular formula is C20H27N7O2. The number of hydrogen-bond acceptors (Lipinski definition) is 8. The average Bonchev–Trinajstić information content (AvgIpc) is 3.51. The molecule has 5 N–H and O–H groups in total. The van der Waals surface area contributed by atoms with Gasteiger partial charge in [-0.15, -0.1) is 0 Å². The molecule has 0 aromatic carbocycles. The molecule has 9 nitrogen and oxygen atoms in total. The number of rotatable bonds is 5. The van der Waals surface area contributed by atoms with Crippen molar-refractivity contribution in [3.8, 4) is 0 Å². The van der Waals surface area contributed by atoms with E-state index in [1.807, 2.05) is 6.07 Å². The summed E-state index contributed by atoms with van der Waals surface area (Å²) in [4.78, 5) is 31.5. The zero-order valence-electron chi connectivity index (χ0n) is 16.4. The Kier molecular flexibility index (Phi) is 4.42. The third-order valence-corrected chi connectivity index (χ3v) is 6.40. The quantitative estimate of drug-likeness (QED) is 0.585. The second-order valence-corrected chi connectivity index (χ2v) is 8.48. The van der Waals surface area contributed by atoms with Crippen molar-refractivity contribution in [2.75, 3.05) is 42.2 Å². The van der Waals surface area contributed by atoms with Crippen LogP contribution in [0.3, 0.4) is 0 Å². The third-order valence-electron chi connectivity index (χ3n) is 6.40. The summed E-state index contributed by atoms with van der Waals surface area (Å²) in [6, 6.07) is 1.88. The Morgan fingerprint density at radius 3 is 2.97 bits per heavy atom. The second kappa shape index (κ2) is 6.98. The summed E-state index contributed by atoms with van der Waals surface area (Å²) in [5, 5.41) is 12.1. The van der Waals surface area contributed by atoms with Gasteiger partial charge in [-0.1, -0.05) is 0 Å². The Labute approximate surface area is 168 Å². The first-order chi connectivity index (χ1) is 14.1. The molecule has 3 aliphatic rings. The van der Waals surface area contributed by atoms with E-state index in [0.29, 0.717) is 18.3 Å². The van der Waals surface area contributed by atoms with E-state index in [-0.39, 0.29) is 23.5 Å². The van der Waals surface area contributed by atoms with Gasteiger partial charge in [-0.2, -0.15) is 9.97 Å². The molecule has 1 saturated carbocycles. The van der Waals surface area contributed by atoms with Crippen molar-refractivity contribution < 1.29 is 5.11 Å². The van der Waals surface area contributed by atoms with E-state index in [4.69, 9.17) is 15.8 Å². The van der Waals surface area contributed by atoms with Gasteiger partial charge in [-0.05, 0) is 38.5 Å². The number of piperidine rings is 1. The molecule has 2 aliphatic carbocycles. The molecular weight excluding hydrogens is 370 g/mol. The average molecular weight is 397 g/mol. The minimum Gasteiger partial charge on any atom is -0.395 e. The maximum atomic E-state index is 12.7. The predicted molar refractivity (Wildman–Crippen MR) is 110 cm³/mol. The highest BCUT2D eigenvalue weighted by molar-refractivity contribution is 5.54. The van der Waals surface area contributed by atoms with Crippen LogP contribution in [0.5, 0.6) is 0 Å². The minimum atomic E-state index is -0.107. The van der Waals surface area contributed by atoms with Crippen molar-refractivity contribution in [2.45, 2.75) is 49.9 Å². The number of fused-ring (bicyclic) bond motifs is 2. The molecule has 0 bridgehead atoms. The fourth-order valence-corrected chi connectivity index (χ4v) is 4.83. The highest BCUT2D eigenvalue weighted by Crippen LogP contribution is 2.45. The summed E-state index contributed by atoms with van der Waals surface area (Å²) in [5.74, 6) is 2.89. The maximum Gasteiger partial charge on any atom is 0.254 e. The molecule has 154 valence electrons. The van der Waals surface area contributed by atoms with E-state index in [0.717, 1.165) is 74.5 Å². The van der Waals surface area contributed by atoms with Crippen LogP contribution in [0.1, 0.15) is 55.1 Å². The van der Waals surface area contributed by atoms with E-state index in [1.165, 1.54) is 0 Å². The number of hydrogen-bond donors (Lipinski definition) is 4. The summed E-state index contributed by atoms with van der Waals surface area (Å²) in [6.45, 7) is 2.08. The van der Waals surface area contributed by atoms with Crippen LogP contribution in [0, 0.1) is 0 Å². The van der Waals surface area contributed by atoms with E-state index in [1.54, 1.807) is 0 Å². The lowest BCUT2D eigenvalue weighted by Gasteiger charge is -2.41. The molecule has 5 rings (SSSR count). The predicted octanol–water partition coefficient (Wildman–Crippen LogP) is 0.908. The van der Waals surface area contributed by atoms with Gasteiger partial charge in [0, 0.05) is 42.6 Å². The topological polar surface area (TPSA) is 133 Å². The second-order valence-electron chi connectivity index (χ2n) is 8.48. The van der Waals surface area contributed by atoms with Crippen LogP contribution in [-0.2, 0) is 11.8 Å². The molecule has 1 atom stereocenters. The van der Waals surface area contributed by atoms with Gasteiger partial charge in [0.1, 0.15) is 17.5 Å². The van der Waals surface area contributed by atoms with Gasteiger partial charge in [0.2, 0.25) is 5.95 Å². The number of H-pyrrole nitrogens is 1. The molecule has 2 aromatic heterocycles. The number of aliphatic hydroxyl groups is 1. The lowest BCUT2D eigenvalue weighted by atomic mass is 9.77. The van der Waals surface area contributed by atoms with Crippen LogP contribution in [0.25, 0.3) is 0 Å². The number of nitrogen functional groups attached to an aromatic ring is 1. The highest BCUT2D eigenvalue weighted by Gasteiger charge is 2.45. The van der Waals surface area contributed by atoms with E-state index in [2.05, 4.69) is 25.2 Å². The standard InChI is InChI=1S/C20H27N7O2/c21-19-23-14(22-7-9-28)10-15(24-19)27-8-1-5-20(11-27)6-4-13-16(20)25-17(12-2-3-12)26-18(13)29/h10,12,28H,1-9,11H2,(H,25,26,29)(H3,21,22,23,24). The van der Waals surface area contributed by atoms with Gasteiger partial charge in [0.05, 0.1) is 12.3 Å². The molecule has 1 saturated heterocycles. The summed E-state index contributed by atoms with van der Waals surface area (Å²) >= 11 is 0. The molecule has 9 heteroatoms. The van der Waals surface area contributed by atoms with Crippen LogP contribution < -0.4 is 21.5 Å². The van der Waals surface area contributed by atoms with Crippen molar-refractivity contribution in [2.24, 2.45) is 0 Å². The van der Waals surface area contributed by atoms with Gasteiger partial charge >= 0.3 is 0 Å². The van der Waals surface area contributed by atoms with Gasteiger partial charge in [-0.25, -0.2) is 4.98 Å². The maximum absolute atomic E-state index is 12.7. The van der Waals surface area contributed by atoms with E-state index in [9.17, 15) is 4.79 Å². The minimum absolute atomic E-state index is 0.0202. The number of anilines is 3. The number of nitrogens with one attached hydrogen (secondary N) is 2. The number of aromatic nitrogens is 4. The van der Waals surface area contributed by atoms with Crippen LogP contribution in [0.2, 0.25) is 0 Å². The van der Waals surface area contributed by atoms with E-state index < -0.39 is 0 Å². The summed E-state index contributed by atoms with van der Waals surface area (Å²) < 4.78 is 0. The smallest absolute Gasteiger partial charge is 0.254 e. The third kappa shape index (κ3) is 3.33. The van der Waals surface area contributed by atoms with E-state index >= 15 is 0 Å². The van der Waals surface area contributed by atoms with Crippen LogP contribution in [0.4, 0.5) is 17.6 Å². The Bertz CT molecular complexity index is 987. The summed E-state index contributed by atoms with van der Waals surface area (Å²) in [5.41, 5.74) is 7.74. The fraction of sp³-hybridized carbons (Fsp3) is 0.600. The zero-order valence-corrected chi connectivity index (χ0v) is 16.4. The molecule has 2 fully saturated rings. The molecule has 29 heavy (non-hydrogen) atoms. The number of nitrogens with two attached hydrogens (primary N) is 1. The molecule has 0 radical (unpaired) electrons.